The number of nitrogens with zero attached hydrogens (tertiary/aromatic N) is 2. The number of carbonyl (C=O) groups is 1. The molecular weight excluding hydrogens is 437 g/mol. The number of para-hydroxylation sites is 2. The number of sulfonamides is 1. The summed E-state index contributed by atoms with van der Waals surface area (Å²) in [6.07, 6.45) is -5.49. The number of ether oxygens (including phenoxy) is 2. The van der Waals surface area contributed by atoms with E-state index in [1.807, 2.05) is 0 Å². The van der Waals surface area contributed by atoms with Gasteiger partial charge in [-0.2, -0.15) is 17.5 Å². The summed E-state index contributed by atoms with van der Waals surface area (Å²) in [7, 11) is -4.12. The van der Waals surface area contributed by atoms with Crippen molar-refractivity contribution in [2.45, 2.75) is 17.2 Å². The van der Waals surface area contributed by atoms with Gasteiger partial charge in [0, 0.05) is 26.2 Å². The fraction of sp³-hybridized carbons (Fsp3) is 0.350. The van der Waals surface area contributed by atoms with Gasteiger partial charge in [-0.05, 0) is 30.3 Å². The van der Waals surface area contributed by atoms with Crippen molar-refractivity contribution in [1.82, 2.24) is 9.21 Å². The molecule has 1 atom stereocenters. The van der Waals surface area contributed by atoms with Crippen LogP contribution >= 0.6 is 0 Å². The van der Waals surface area contributed by atoms with Crippen molar-refractivity contribution in [2.24, 2.45) is 0 Å². The predicted molar refractivity (Wildman–Crippen MR) is 103 cm³/mol. The van der Waals surface area contributed by atoms with Crippen LogP contribution in [0, 0.1) is 0 Å². The van der Waals surface area contributed by atoms with Gasteiger partial charge in [0.1, 0.15) is 6.61 Å². The van der Waals surface area contributed by atoms with E-state index in [9.17, 15) is 26.4 Å². The Kier molecular flexibility index (Phi) is 5.56. The molecule has 166 valence electrons. The van der Waals surface area contributed by atoms with Crippen LogP contribution in [0.5, 0.6) is 11.5 Å². The van der Waals surface area contributed by atoms with E-state index >= 15 is 0 Å². The Hall–Kier alpha value is -2.79. The fourth-order valence-electron chi connectivity index (χ4n) is 3.48. The molecule has 2 aromatic rings. The van der Waals surface area contributed by atoms with Crippen molar-refractivity contribution < 1.29 is 35.9 Å². The van der Waals surface area contributed by atoms with Crippen LogP contribution in [-0.2, 0) is 21.0 Å². The Bertz CT molecular complexity index is 1080. The molecule has 2 aliphatic heterocycles. The molecule has 0 radical (unpaired) electrons. The monoisotopic (exact) mass is 456 g/mol. The fourth-order valence-corrected chi connectivity index (χ4v) is 4.94. The van der Waals surface area contributed by atoms with Gasteiger partial charge in [-0.25, -0.2) is 8.42 Å². The minimum atomic E-state index is -4.64. The molecule has 1 saturated heterocycles. The third-order valence-electron chi connectivity index (χ3n) is 5.13. The van der Waals surface area contributed by atoms with Gasteiger partial charge in [0.25, 0.3) is 5.91 Å². The number of hydrogen-bond donors (Lipinski definition) is 0. The summed E-state index contributed by atoms with van der Waals surface area (Å²) < 4.78 is 76.7. The second-order valence-corrected chi connectivity index (χ2v) is 9.06. The predicted octanol–water partition coefficient (Wildman–Crippen LogP) is 2.38. The second-order valence-electron chi connectivity index (χ2n) is 7.12. The molecule has 0 saturated carbocycles. The van der Waals surface area contributed by atoms with Gasteiger partial charge < -0.3 is 14.4 Å². The van der Waals surface area contributed by atoms with E-state index in [0.29, 0.717) is 17.6 Å². The quantitative estimate of drug-likeness (QED) is 0.709. The van der Waals surface area contributed by atoms with Crippen LogP contribution in [0.4, 0.5) is 13.2 Å². The molecule has 1 amide bonds. The Morgan fingerprint density at radius 2 is 1.65 bits per heavy atom. The first-order valence-electron chi connectivity index (χ1n) is 9.51. The summed E-state index contributed by atoms with van der Waals surface area (Å²) in [6, 6.07) is 10.6. The SMILES string of the molecule is O=C(C1COc2ccccc2O1)N1CCN(S(=O)(=O)c2cccc(C(F)(F)F)c2)CC1. The van der Waals surface area contributed by atoms with E-state index in [0.717, 1.165) is 22.5 Å². The maximum Gasteiger partial charge on any atom is 0.416 e. The molecule has 0 N–H and O–H groups in total. The third kappa shape index (κ3) is 4.33. The molecule has 0 aliphatic carbocycles. The number of amides is 1. The van der Waals surface area contributed by atoms with E-state index in [2.05, 4.69) is 0 Å². The zero-order chi connectivity index (χ0) is 22.2. The number of carbonyl (C=O) groups excluding carboxylic acids is 1. The molecule has 2 aromatic carbocycles. The first-order valence-corrected chi connectivity index (χ1v) is 10.9. The molecular formula is C20H19F3N2O5S. The summed E-state index contributed by atoms with van der Waals surface area (Å²) >= 11 is 0. The van der Waals surface area contributed by atoms with Crippen molar-refractivity contribution >= 4 is 15.9 Å². The number of benzene rings is 2. The first-order chi connectivity index (χ1) is 14.7. The standard InChI is InChI=1S/C20H19F3N2O5S/c21-20(22,23)14-4-3-5-15(12-14)31(27,28)25-10-8-24(9-11-25)19(26)18-13-29-16-6-1-2-7-17(16)30-18/h1-7,12,18H,8-11,13H2. The van der Waals surface area contributed by atoms with Gasteiger partial charge in [-0.3, -0.25) is 4.79 Å². The van der Waals surface area contributed by atoms with Crippen LogP contribution in [0.2, 0.25) is 0 Å². The van der Waals surface area contributed by atoms with Crippen molar-refractivity contribution in [1.29, 1.82) is 0 Å². The lowest BCUT2D eigenvalue weighted by Gasteiger charge is -2.36. The summed E-state index contributed by atoms with van der Waals surface area (Å²) in [5, 5.41) is 0. The summed E-state index contributed by atoms with van der Waals surface area (Å²) in [5.74, 6) is 0.673. The number of fused-ring (bicyclic) bond motifs is 1. The molecule has 4 rings (SSSR count). The first kappa shape index (κ1) is 21.4. The van der Waals surface area contributed by atoms with Crippen molar-refractivity contribution in [3.8, 4) is 11.5 Å². The van der Waals surface area contributed by atoms with Gasteiger partial charge in [0.15, 0.2) is 11.5 Å². The summed E-state index contributed by atoms with van der Waals surface area (Å²) in [5.41, 5.74) is -1.03. The molecule has 2 aliphatic rings. The van der Waals surface area contributed by atoms with Crippen LogP contribution in [0.25, 0.3) is 0 Å². The highest BCUT2D eigenvalue weighted by atomic mass is 32.2. The smallest absolute Gasteiger partial charge is 0.416 e. The van der Waals surface area contributed by atoms with Gasteiger partial charge in [-0.1, -0.05) is 18.2 Å². The molecule has 1 unspecified atom stereocenters. The van der Waals surface area contributed by atoms with E-state index in [1.54, 1.807) is 24.3 Å². The third-order valence-corrected chi connectivity index (χ3v) is 7.03. The van der Waals surface area contributed by atoms with Crippen LogP contribution in [0.3, 0.4) is 0 Å². The van der Waals surface area contributed by atoms with E-state index < -0.39 is 32.8 Å². The highest BCUT2D eigenvalue weighted by molar-refractivity contribution is 7.89. The lowest BCUT2D eigenvalue weighted by atomic mass is 10.2. The normalized spacial score (nSPS) is 19.8. The Balaban J connectivity index is 1.41. The number of hydrogen-bond acceptors (Lipinski definition) is 5. The van der Waals surface area contributed by atoms with E-state index in [4.69, 9.17) is 9.47 Å². The minimum Gasteiger partial charge on any atom is -0.485 e. The molecule has 11 heteroatoms. The second kappa shape index (κ2) is 8.04. The van der Waals surface area contributed by atoms with Gasteiger partial charge in [-0.15, -0.1) is 0 Å². The molecule has 0 bridgehead atoms. The van der Waals surface area contributed by atoms with Crippen LogP contribution < -0.4 is 9.47 Å². The molecule has 0 aromatic heterocycles. The molecule has 2 heterocycles. The largest absolute Gasteiger partial charge is 0.485 e. The van der Waals surface area contributed by atoms with Crippen LogP contribution in [0.15, 0.2) is 53.4 Å². The number of alkyl halides is 3. The molecule has 31 heavy (non-hydrogen) atoms. The Labute approximate surface area is 177 Å². The number of rotatable bonds is 3. The Morgan fingerprint density at radius 1 is 0.968 bits per heavy atom. The number of halogens is 3. The zero-order valence-electron chi connectivity index (χ0n) is 16.2. The Morgan fingerprint density at radius 3 is 2.32 bits per heavy atom. The van der Waals surface area contributed by atoms with Gasteiger partial charge >= 0.3 is 6.18 Å². The van der Waals surface area contributed by atoms with Gasteiger partial charge in [0.05, 0.1) is 10.5 Å². The average Bonchev–Trinajstić information content (AvgIpc) is 2.78. The highest BCUT2D eigenvalue weighted by Crippen LogP contribution is 2.32. The van der Waals surface area contributed by atoms with E-state index in [-0.39, 0.29) is 38.7 Å². The lowest BCUT2D eigenvalue weighted by Crippen LogP contribution is -2.55. The maximum atomic E-state index is 12.9. The molecule has 1 fully saturated rings. The van der Waals surface area contributed by atoms with E-state index in [1.165, 1.54) is 4.90 Å². The van der Waals surface area contributed by atoms with Crippen molar-refractivity contribution in [3.05, 3.63) is 54.1 Å². The molecule has 7 nitrogen and oxygen atoms in total. The average molecular weight is 456 g/mol. The molecule has 0 spiro atoms. The zero-order valence-corrected chi connectivity index (χ0v) is 17.0. The van der Waals surface area contributed by atoms with Crippen LogP contribution in [0.1, 0.15) is 5.56 Å². The topological polar surface area (TPSA) is 76.2 Å². The van der Waals surface area contributed by atoms with Gasteiger partial charge in [0.2, 0.25) is 16.1 Å². The highest BCUT2D eigenvalue weighted by Gasteiger charge is 2.37. The number of piperazine rings is 1. The lowest BCUT2D eigenvalue weighted by molar-refractivity contribution is -0.142. The van der Waals surface area contributed by atoms with Crippen molar-refractivity contribution in [2.75, 3.05) is 32.8 Å². The maximum absolute atomic E-state index is 12.9. The van der Waals surface area contributed by atoms with Crippen LogP contribution in [-0.4, -0.2) is 62.4 Å². The summed E-state index contributed by atoms with van der Waals surface area (Å²) in [4.78, 5) is 13.8. The van der Waals surface area contributed by atoms with Crippen molar-refractivity contribution in [3.63, 3.8) is 0 Å². The minimum absolute atomic E-state index is 0.0333. The summed E-state index contributed by atoms with van der Waals surface area (Å²) in [6.45, 7) is 0.165.